The molecule has 1 atom stereocenters. The van der Waals surface area contributed by atoms with Crippen LogP contribution in [-0.2, 0) is 4.79 Å². The number of rotatable bonds is 5. The molecule has 3 rings (SSSR count). The van der Waals surface area contributed by atoms with Gasteiger partial charge >= 0.3 is 0 Å². The lowest BCUT2D eigenvalue weighted by Gasteiger charge is -2.15. The molecule has 6 nitrogen and oxygen atoms in total. The monoisotopic (exact) mass is 401 g/mol. The van der Waals surface area contributed by atoms with Crippen LogP contribution in [0.1, 0.15) is 12.5 Å². The molecule has 3 aromatic rings. The number of aryl methyl sites for hydroxylation is 1. The topological polar surface area (TPSA) is 73.2 Å². The first-order valence-corrected chi connectivity index (χ1v) is 8.81. The van der Waals surface area contributed by atoms with Crippen LogP contribution in [-0.4, -0.2) is 21.8 Å². The number of carbonyl (C=O) groups is 1. The molecular weight excluding hydrogens is 385 g/mol. The van der Waals surface area contributed by atoms with Crippen LogP contribution in [0.5, 0.6) is 5.88 Å². The lowest BCUT2D eigenvalue weighted by Crippen LogP contribution is -2.31. The van der Waals surface area contributed by atoms with E-state index in [1.54, 1.807) is 19.1 Å². The Morgan fingerprint density at radius 2 is 1.89 bits per heavy atom. The number of hydrogen-bond acceptors (Lipinski definition) is 4. The standard InChI is InChI=1S/C20H17ClFN3O3/c1-12-3-8-17(16(21)11-12)23-20(27)13(2)28-18-9-10-19(26)25(24-18)15-6-4-14(22)5-7-15/h3-11,13H,1-2H3,(H,23,27). The number of carbonyl (C=O) groups excluding carboxylic acids is 1. The molecule has 0 saturated heterocycles. The van der Waals surface area contributed by atoms with E-state index in [0.717, 1.165) is 10.2 Å². The van der Waals surface area contributed by atoms with E-state index in [1.807, 2.05) is 13.0 Å². The van der Waals surface area contributed by atoms with E-state index in [9.17, 15) is 14.0 Å². The maximum atomic E-state index is 13.1. The maximum absolute atomic E-state index is 13.1. The third kappa shape index (κ3) is 4.55. The molecule has 2 aromatic carbocycles. The highest BCUT2D eigenvalue weighted by molar-refractivity contribution is 6.33. The molecule has 8 heteroatoms. The summed E-state index contributed by atoms with van der Waals surface area (Å²) in [6.45, 7) is 3.44. The van der Waals surface area contributed by atoms with Crippen molar-refractivity contribution in [3.8, 4) is 11.6 Å². The minimum atomic E-state index is -0.899. The first kappa shape index (κ1) is 19.6. The van der Waals surface area contributed by atoms with Crippen LogP contribution in [0.25, 0.3) is 5.69 Å². The third-order valence-electron chi connectivity index (χ3n) is 3.90. The van der Waals surface area contributed by atoms with E-state index in [0.29, 0.717) is 16.4 Å². The molecule has 0 saturated carbocycles. The normalized spacial score (nSPS) is 11.7. The Hall–Kier alpha value is -3.19. The smallest absolute Gasteiger partial charge is 0.271 e. The van der Waals surface area contributed by atoms with Crippen LogP contribution in [0.2, 0.25) is 5.02 Å². The van der Waals surface area contributed by atoms with E-state index < -0.39 is 23.4 Å². The Labute approximate surface area is 165 Å². The van der Waals surface area contributed by atoms with Gasteiger partial charge in [0, 0.05) is 12.1 Å². The molecule has 1 unspecified atom stereocenters. The van der Waals surface area contributed by atoms with Gasteiger partial charge in [0.1, 0.15) is 5.82 Å². The van der Waals surface area contributed by atoms with Crippen molar-refractivity contribution in [3.05, 3.63) is 81.4 Å². The summed E-state index contributed by atoms with van der Waals surface area (Å²) in [7, 11) is 0. The van der Waals surface area contributed by atoms with Crippen molar-refractivity contribution in [1.29, 1.82) is 0 Å². The molecule has 0 aliphatic heterocycles. The zero-order valence-electron chi connectivity index (χ0n) is 15.1. The zero-order chi connectivity index (χ0) is 20.3. The molecule has 0 fully saturated rings. The Bertz CT molecular complexity index is 1070. The molecule has 0 aliphatic carbocycles. The van der Waals surface area contributed by atoms with Gasteiger partial charge in [0.2, 0.25) is 5.88 Å². The van der Waals surface area contributed by atoms with E-state index in [1.165, 1.54) is 36.4 Å². The predicted molar refractivity (Wildman–Crippen MR) is 105 cm³/mol. The van der Waals surface area contributed by atoms with E-state index in [4.69, 9.17) is 16.3 Å². The number of halogens is 2. The van der Waals surface area contributed by atoms with Gasteiger partial charge in [-0.2, -0.15) is 4.68 Å². The number of hydrogen-bond donors (Lipinski definition) is 1. The highest BCUT2D eigenvalue weighted by Crippen LogP contribution is 2.23. The van der Waals surface area contributed by atoms with Crippen molar-refractivity contribution in [2.24, 2.45) is 0 Å². The summed E-state index contributed by atoms with van der Waals surface area (Å²) in [4.78, 5) is 24.4. The second-order valence-corrected chi connectivity index (χ2v) is 6.54. The number of ether oxygens (including phenoxy) is 1. The van der Waals surface area contributed by atoms with Gasteiger partial charge in [-0.25, -0.2) is 4.39 Å². The molecule has 144 valence electrons. The molecule has 28 heavy (non-hydrogen) atoms. The number of nitrogens with one attached hydrogen (secondary N) is 1. The van der Waals surface area contributed by atoms with Crippen molar-refractivity contribution in [3.63, 3.8) is 0 Å². The molecule has 0 radical (unpaired) electrons. The van der Waals surface area contributed by atoms with Gasteiger partial charge in [-0.05, 0) is 55.8 Å². The lowest BCUT2D eigenvalue weighted by molar-refractivity contribution is -0.122. The van der Waals surface area contributed by atoms with Gasteiger partial charge in [0.05, 0.1) is 16.4 Å². The van der Waals surface area contributed by atoms with Crippen LogP contribution in [0.3, 0.4) is 0 Å². The Kier molecular flexibility index (Phi) is 5.75. The van der Waals surface area contributed by atoms with Crippen LogP contribution >= 0.6 is 11.6 Å². The number of benzene rings is 2. The summed E-state index contributed by atoms with van der Waals surface area (Å²) in [5.74, 6) is -0.780. The van der Waals surface area contributed by atoms with Crippen molar-refractivity contribution in [1.82, 2.24) is 9.78 Å². The van der Waals surface area contributed by atoms with E-state index in [-0.39, 0.29) is 5.88 Å². The molecule has 0 spiro atoms. The minimum Gasteiger partial charge on any atom is -0.463 e. The average molecular weight is 402 g/mol. The quantitative estimate of drug-likeness (QED) is 0.706. The largest absolute Gasteiger partial charge is 0.463 e. The van der Waals surface area contributed by atoms with Crippen LogP contribution in [0.4, 0.5) is 10.1 Å². The first-order valence-electron chi connectivity index (χ1n) is 8.43. The lowest BCUT2D eigenvalue weighted by atomic mass is 10.2. The second kappa shape index (κ2) is 8.22. The number of aromatic nitrogens is 2. The fourth-order valence-corrected chi connectivity index (χ4v) is 2.70. The van der Waals surface area contributed by atoms with Crippen LogP contribution in [0.15, 0.2) is 59.4 Å². The van der Waals surface area contributed by atoms with Gasteiger partial charge in [0.15, 0.2) is 6.10 Å². The second-order valence-electron chi connectivity index (χ2n) is 6.13. The average Bonchev–Trinajstić information content (AvgIpc) is 2.66. The van der Waals surface area contributed by atoms with Gasteiger partial charge in [0.25, 0.3) is 11.5 Å². The maximum Gasteiger partial charge on any atom is 0.271 e. The molecule has 1 amide bonds. The van der Waals surface area contributed by atoms with E-state index >= 15 is 0 Å². The van der Waals surface area contributed by atoms with Gasteiger partial charge in [-0.15, -0.1) is 5.10 Å². The van der Waals surface area contributed by atoms with Crippen molar-refractivity contribution < 1.29 is 13.9 Å². The summed E-state index contributed by atoms with van der Waals surface area (Å²) in [6, 6.07) is 13.2. The Morgan fingerprint density at radius 1 is 1.18 bits per heavy atom. The van der Waals surface area contributed by atoms with Crippen molar-refractivity contribution >= 4 is 23.2 Å². The van der Waals surface area contributed by atoms with Crippen LogP contribution < -0.4 is 15.6 Å². The SMILES string of the molecule is Cc1ccc(NC(=O)C(C)Oc2ccc(=O)n(-c3ccc(F)cc3)n2)c(Cl)c1. The number of amides is 1. The van der Waals surface area contributed by atoms with Gasteiger partial charge < -0.3 is 10.1 Å². The summed E-state index contributed by atoms with van der Waals surface area (Å²) in [5, 5.41) is 7.19. The molecular formula is C20H17ClFN3O3. The number of anilines is 1. The fraction of sp³-hybridized carbons (Fsp3) is 0.150. The summed E-state index contributed by atoms with van der Waals surface area (Å²) in [5.41, 5.74) is 1.40. The summed E-state index contributed by atoms with van der Waals surface area (Å²) < 4.78 is 19.7. The molecule has 1 aromatic heterocycles. The molecule has 0 bridgehead atoms. The summed E-state index contributed by atoms with van der Waals surface area (Å²) >= 11 is 6.12. The molecule has 1 N–H and O–H groups in total. The highest BCUT2D eigenvalue weighted by Gasteiger charge is 2.17. The minimum absolute atomic E-state index is 0.0709. The van der Waals surface area contributed by atoms with Crippen LogP contribution in [0, 0.1) is 12.7 Å². The Morgan fingerprint density at radius 3 is 2.57 bits per heavy atom. The third-order valence-corrected chi connectivity index (χ3v) is 4.21. The van der Waals surface area contributed by atoms with Gasteiger partial charge in [-0.3, -0.25) is 9.59 Å². The zero-order valence-corrected chi connectivity index (χ0v) is 15.9. The van der Waals surface area contributed by atoms with E-state index in [2.05, 4.69) is 10.4 Å². The highest BCUT2D eigenvalue weighted by atomic mass is 35.5. The fourth-order valence-electron chi connectivity index (χ4n) is 2.41. The first-order chi connectivity index (χ1) is 13.3. The number of nitrogens with zero attached hydrogens (tertiary/aromatic N) is 2. The molecule has 1 heterocycles. The summed E-state index contributed by atoms with van der Waals surface area (Å²) in [6.07, 6.45) is -0.899. The predicted octanol–water partition coefficient (Wildman–Crippen LogP) is 3.74. The van der Waals surface area contributed by atoms with Gasteiger partial charge in [-0.1, -0.05) is 17.7 Å². The molecule has 0 aliphatic rings. The Balaban J connectivity index is 1.75. The van der Waals surface area contributed by atoms with Crippen molar-refractivity contribution in [2.75, 3.05) is 5.32 Å². The van der Waals surface area contributed by atoms with Crippen molar-refractivity contribution in [2.45, 2.75) is 20.0 Å².